The molecule has 100 valence electrons. The minimum Gasteiger partial charge on any atom is -0.396 e. The first-order chi connectivity index (χ1) is 8.22. The molecule has 2 unspecified atom stereocenters. The summed E-state index contributed by atoms with van der Waals surface area (Å²) in [5, 5.41) is 9.01. The highest BCUT2D eigenvalue weighted by molar-refractivity contribution is 5.77. The largest absolute Gasteiger partial charge is 0.396 e. The number of methoxy groups -OCH3 is 1. The highest BCUT2D eigenvalue weighted by Crippen LogP contribution is 2.20. The molecule has 1 aliphatic heterocycles. The highest BCUT2D eigenvalue weighted by atomic mass is 16.5. The van der Waals surface area contributed by atoms with Gasteiger partial charge in [-0.05, 0) is 25.7 Å². The Bertz CT molecular complexity index is 230. The summed E-state index contributed by atoms with van der Waals surface area (Å²) in [6, 6.07) is 0.191. The lowest BCUT2D eigenvalue weighted by atomic mass is 9.99. The number of ether oxygens (including phenoxy) is 1. The number of carbonyl (C=O) groups is 1. The Morgan fingerprint density at radius 3 is 2.94 bits per heavy atom. The molecule has 0 saturated carbocycles. The Morgan fingerprint density at radius 2 is 2.35 bits per heavy atom. The van der Waals surface area contributed by atoms with Crippen LogP contribution < -0.4 is 5.73 Å². The van der Waals surface area contributed by atoms with E-state index in [9.17, 15) is 4.79 Å². The van der Waals surface area contributed by atoms with E-state index in [-0.39, 0.29) is 24.7 Å². The van der Waals surface area contributed by atoms with Crippen molar-refractivity contribution in [3.05, 3.63) is 0 Å². The Labute approximate surface area is 103 Å². The van der Waals surface area contributed by atoms with Gasteiger partial charge in [0, 0.05) is 32.8 Å². The summed E-state index contributed by atoms with van der Waals surface area (Å²) < 4.78 is 5.13. The van der Waals surface area contributed by atoms with Crippen LogP contribution in [0, 0.1) is 0 Å². The van der Waals surface area contributed by atoms with Crippen LogP contribution >= 0.6 is 0 Å². The molecule has 0 aromatic carbocycles. The number of piperidine rings is 1. The van der Waals surface area contributed by atoms with Gasteiger partial charge in [-0.1, -0.05) is 0 Å². The van der Waals surface area contributed by atoms with Gasteiger partial charge in [-0.15, -0.1) is 0 Å². The van der Waals surface area contributed by atoms with Crippen molar-refractivity contribution in [2.24, 2.45) is 5.73 Å². The lowest BCUT2D eigenvalue weighted by Gasteiger charge is -2.36. The number of carbonyl (C=O) groups excluding carboxylic acids is 1. The highest BCUT2D eigenvalue weighted by Gasteiger charge is 2.27. The van der Waals surface area contributed by atoms with E-state index in [1.165, 1.54) is 0 Å². The van der Waals surface area contributed by atoms with E-state index in [1.54, 1.807) is 7.11 Å². The number of nitrogens with zero attached hydrogens (tertiary/aromatic N) is 1. The number of hydrogen-bond acceptors (Lipinski definition) is 4. The van der Waals surface area contributed by atoms with Crippen LogP contribution in [0.3, 0.4) is 0 Å². The van der Waals surface area contributed by atoms with Crippen molar-refractivity contribution in [1.82, 2.24) is 4.90 Å². The predicted octanol–water partition coefficient (Wildman–Crippen LogP) is 0.114. The Balaban J connectivity index is 2.52. The van der Waals surface area contributed by atoms with Gasteiger partial charge in [0.1, 0.15) is 0 Å². The quantitative estimate of drug-likeness (QED) is 0.695. The fourth-order valence-corrected chi connectivity index (χ4v) is 2.35. The second kappa shape index (κ2) is 7.63. The molecule has 1 rings (SSSR count). The zero-order valence-corrected chi connectivity index (χ0v) is 10.6. The van der Waals surface area contributed by atoms with E-state index in [0.717, 1.165) is 25.8 Å². The molecule has 0 bridgehead atoms. The molecule has 2 atom stereocenters. The second-order valence-corrected chi connectivity index (χ2v) is 4.55. The van der Waals surface area contributed by atoms with Gasteiger partial charge in [-0.2, -0.15) is 0 Å². The molecule has 3 N–H and O–H groups in total. The number of likely N-dealkylation sites (tertiary alicyclic amines) is 1. The van der Waals surface area contributed by atoms with Crippen LogP contribution in [-0.2, 0) is 9.53 Å². The number of rotatable bonds is 6. The van der Waals surface area contributed by atoms with Crippen molar-refractivity contribution >= 4 is 5.91 Å². The van der Waals surface area contributed by atoms with E-state index >= 15 is 0 Å². The molecule has 0 aliphatic carbocycles. The molecule has 0 radical (unpaired) electrons. The number of hydrogen-bond donors (Lipinski definition) is 2. The predicted molar refractivity (Wildman–Crippen MR) is 65.5 cm³/mol. The first kappa shape index (κ1) is 14.4. The summed E-state index contributed by atoms with van der Waals surface area (Å²) in [7, 11) is 1.58. The van der Waals surface area contributed by atoms with Gasteiger partial charge < -0.3 is 20.5 Å². The summed E-state index contributed by atoms with van der Waals surface area (Å²) in [6.07, 6.45) is 4.00. The maximum atomic E-state index is 12.1. The van der Waals surface area contributed by atoms with Crippen LogP contribution in [0.15, 0.2) is 0 Å². The molecule has 1 fully saturated rings. The minimum absolute atomic E-state index is 0.0976. The van der Waals surface area contributed by atoms with Gasteiger partial charge in [0.05, 0.1) is 12.5 Å². The monoisotopic (exact) mass is 244 g/mol. The summed E-state index contributed by atoms with van der Waals surface area (Å²) in [5.41, 5.74) is 5.52. The van der Waals surface area contributed by atoms with Crippen molar-refractivity contribution in [3.63, 3.8) is 0 Å². The van der Waals surface area contributed by atoms with Crippen LogP contribution in [0.5, 0.6) is 0 Å². The average molecular weight is 244 g/mol. The summed E-state index contributed by atoms with van der Waals surface area (Å²) in [4.78, 5) is 14.0. The van der Waals surface area contributed by atoms with Crippen molar-refractivity contribution < 1.29 is 14.6 Å². The normalized spacial score (nSPS) is 22.5. The molecule has 1 amide bonds. The molecule has 5 nitrogen and oxygen atoms in total. The Kier molecular flexibility index (Phi) is 6.47. The average Bonchev–Trinajstić information content (AvgIpc) is 2.36. The third-order valence-electron chi connectivity index (χ3n) is 3.41. The van der Waals surface area contributed by atoms with Gasteiger partial charge in [-0.3, -0.25) is 4.79 Å². The number of nitrogens with two attached hydrogens (primary N) is 1. The summed E-state index contributed by atoms with van der Waals surface area (Å²) in [5.74, 6) is 0.0976. The van der Waals surface area contributed by atoms with Crippen LogP contribution in [0.25, 0.3) is 0 Å². The molecule has 1 saturated heterocycles. The molecule has 0 aromatic heterocycles. The van der Waals surface area contributed by atoms with Crippen LogP contribution in [0.4, 0.5) is 0 Å². The maximum Gasteiger partial charge on any atom is 0.225 e. The smallest absolute Gasteiger partial charge is 0.225 e. The molecular weight excluding hydrogens is 220 g/mol. The van der Waals surface area contributed by atoms with E-state index in [2.05, 4.69) is 0 Å². The summed E-state index contributed by atoms with van der Waals surface area (Å²) in [6.45, 7) is 1.30. The van der Waals surface area contributed by atoms with Crippen LogP contribution in [0.2, 0.25) is 0 Å². The molecule has 1 aliphatic rings. The van der Waals surface area contributed by atoms with Crippen molar-refractivity contribution in [1.29, 1.82) is 0 Å². The van der Waals surface area contributed by atoms with E-state index < -0.39 is 0 Å². The topological polar surface area (TPSA) is 75.8 Å². The van der Waals surface area contributed by atoms with Gasteiger partial charge >= 0.3 is 0 Å². The van der Waals surface area contributed by atoms with Crippen molar-refractivity contribution in [2.45, 2.75) is 44.2 Å². The van der Waals surface area contributed by atoms with Crippen LogP contribution in [-0.4, -0.2) is 54.9 Å². The first-order valence-corrected chi connectivity index (χ1v) is 6.36. The number of amides is 1. The molecule has 5 heteroatoms. The van der Waals surface area contributed by atoms with Crippen molar-refractivity contribution in [3.8, 4) is 0 Å². The number of aliphatic hydroxyl groups is 1. The van der Waals surface area contributed by atoms with Gasteiger partial charge in [0.25, 0.3) is 0 Å². The van der Waals surface area contributed by atoms with Crippen LogP contribution in [0.1, 0.15) is 32.1 Å². The fourth-order valence-electron chi connectivity index (χ4n) is 2.35. The minimum atomic E-state index is -0.195. The van der Waals surface area contributed by atoms with E-state index in [4.69, 9.17) is 15.6 Å². The maximum absolute atomic E-state index is 12.1. The lowest BCUT2D eigenvalue weighted by molar-refractivity contribution is -0.137. The molecule has 17 heavy (non-hydrogen) atoms. The Morgan fingerprint density at radius 1 is 1.59 bits per heavy atom. The standard InChI is InChI=1S/C12H24N2O3/c1-17-11(9-13)8-12(16)14-6-3-2-4-10(14)5-7-15/h10-11,15H,2-9,13H2,1H3. The molecule has 1 heterocycles. The van der Waals surface area contributed by atoms with Crippen molar-refractivity contribution in [2.75, 3.05) is 26.8 Å². The summed E-state index contributed by atoms with van der Waals surface area (Å²) >= 11 is 0. The zero-order chi connectivity index (χ0) is 12.7. The first-order valence-electron chi connectivity index (χ1n) is 6.36. The molecular formula is C12H24N2O3. The third kappa shape index (κ3) is 4.26. The second-order valence-electron chi connectivity index (χ2n) is 4.55. The van der Waals surface area contributed by atoms with E-state index in [1.807, 2.05) is 4.90 Å². The molecule has 0 spiro atoms. The van der Waals surface area contributed by atoms with Gasteiger partial charge in [-0.25, -0.2) is 0 Å². The zero-order valence-electron chi connectivity index (χ0n) is 10.6. The third-order valence-corrected chi connectivity index (χ3v) is 3.41. The Hall–Kier alpha value is -0.650. The lowest BCUT2D eigenvalue weighted by Crippen LogP contribution is -2.45. The van der Waals surface area contributed by atoms with E-state index in [0.29, 0.717) is 19.4 Å². The van der Waals surface area contributed by atoms with Gasteiger partial charge in [0.15, 0.2) is 0 Å². The SMILES string of the molecule is COC(CN)CC(=O)N1CCCCC1CCO. The number of aliphatic hydroxyl groups excluding tert-OH is 1. The van der Waals surface area contributed by atoms with Gasteiger partial charge in [0.2, 0.25) is 5.91 Å². The molecule has 0 aromatic rings. The fraction of sp³-hybridized carbons (Fsp3) is 0.917.